The Kier molecular flexibility index (Phi) is 7.20. The Morgan fingerprint density at radius 2 is 1.83 bits per heavy atom. The SMILES string of the molecule is CCCN(CCC)C(=O)CNc1ccccc1N1CCOCC1. The molecule has 23 heavy (non-hydrogen) atoms. The Balaban J connectivity index is 1.98. The molecule has 0 aliphatic carbocycles. The molecule has 2 rings (SSSR count). The van der Waals surface area contributed by atoms with Gasteiger partial charge in [-0.3, -0.25) is 4.79 Å². The molecular formula is C18H29N3O2. The first-order valence-electron chi connectivity index (χ1n) is 8.69. The monoisotopic (exact) mass is 319 g/mol. The number of para-hydroxylation sites is 2. The lowest BCUT2D eigenvalue weighted by Gasteiger charge is -2.31. The summed E-state index contributed by atoms with van der Waals surface area (Å²) in [5.41, 5.74) is 2.18. The number of carbonyl (C=O) groups is 1. The maximum atomic E-state index is 12.4. The second kappa shape index (κ2) is 9.40. The normalized spacial score (nSPS) is 14.6. The van der Waals surface area contributed by atoms with Crippen LogP contribution in [0.3, 0.4) is 0 Å². The van der Waals surface area contributed by atoms with E-state index in [-0.39, 0.29) is 5.91 Å². The molecule has 5 heteroatoms. The fraction of sp³-hybridized carbons (Fsp3) is 0.611. The van der Waals surface area contributed by atoms with Gasteiger partial charge in [0.25, 0.3) is 0 Å². The fourth-order valence-corrected chi connectivity index (χ4v) is 2.89. The van der Waals surface area contributed by atoms with E-state index in [1.165, 1.54) is 0 Å². The number of nitrogens with zero attached hydrogens (tertiary/aromatic N) is 2. The summed E-state index contributed by atoms with van der Waals surface area (Å²) in [6.07, 6.45) is 1.99. The summed E-state index contributed by atoms with van der Waals surface area (Å²) >= 11 is 0. The Labute approximate surface area is 139 Å². The van der Waals surface area contributed by atoms with E-state index in [9.17, 15) is 4.79 Å². The second-order valence-corrected chi connectivity index (χ2v) is 5.85. The van der Waals surface area contributed by atoms with Gasteiger partial charge in [0.05, 0.1) is 31.1 Å². The molecule has 0 atom stereocenters. The minimum atomic E-state index is 0.172. The van der Waals surface area contributed by atoms with Crippen molar-refractivity contribution in [3.05, 3.63) is 24.3 Å². The van der Waals surface area contributed by atoms with E-state index >= 15 is 0 Å². The molecular weight excluding hydrogens is 290 g/mol. The molecule has 1 N–H and O–H groups in total. The van der Waals surface area contributed by atoms with Crippen molar-refractivity contribution in [2.75, 3.05) is 56.2 Å². The van der Waals surface area contributed by atoms with E-state index < -0.39 is 0 Å². The summed E-state index contributed by atoms with van der Waals surface area (Å²) in [6, 6.07) is 8.20. The van der Waals surface area contributed by atoms with Crippen LogP contribution in [-0.4, -0.2) is 56.7 Å². The van der Waals surface area contributed by atoms with Gasteiger partial charge in [-0.25, -0.2) is 0 Å². The number of benzene rings is 1. The lowest BCUT2D eigenvalue weighted by molar-refractivity contribution is -0.129. The number of nitrogens with one attached hydrogen (secondary N) is 1. The van der Waals surface area contributed by atoms with Gasteiger partial charge in [-0.05, 0) is 25.0 Å². The van der Waals surface area contributed by atoms with Crippen molar-refractivity contribution in [1.29, 1.82) is 0 Å². The van der Waals surface area contributed by atoms with Gasteiger partial charge in [0.1, 0.15) is 0 Å². The number of ether oxygens (including phenoxy) is 1. The third kappa shape index (κ3) is 5.13. The van der Waals surface area contributed by atoms with Crippen molar-refractivity contribution < 1.29 is 9.53 Å². The van der Waals surface area contributed by atoms with E-state index in [2.05, 4.69) is 30.1 Å². The van der Waals surface area contributed by atoms with Gasteiger partial charge in [-0.2, -0.15) is 0 Å². The molecule has 0 saturated carbocycles. The molecule has 1 aromatic carbocycles. The van der Waals surface area contributed by atoms with Gasteiger partial charge in [-0.15, -0.1) is 0 Å². The lowest BCUT2D eigenvalue weighted by Crippen LogP contribution is -2.38. The summed E-state index contributed by atoms with van der Waals surface area (Å²) in [6.45, 7) is 9.53. The van der Waals surface area contributed by atoms with E-state index in [1.54, 1.807) is 0 Å². The lowest BCUT2D eigenvalue weighted by atomic mass is 10.2. The van der Waals surface area contributed by atoms with E-state index in [4.69, 9.17) is 4.74 Å². The van der Waals surface area contributed by atoms with Crippen LogP contribution in [0.4, 0.5) is 11.4 Å². The van der Waals surface area contributed by atoms with Gasteiger partial charge in [0.2, 0.25) is 5.91 Å². The number of hydrogen-bond acceptors (Lipinski definition) is 4. The molecule has 5 nitrogen and oxygen atoms in total. The maximum Gasteiger partial charge on any atom is 0.241 e. The summed E-state index contributed by atoms with van der Waals surface area (Å²) < 4.78 is 5.42. The molecule has 1 aliphatic heterocycles. The Bertz CT molecular complexity index is 481. The van der Waals surface area contributed by atoms with Gasteiger partial charge in [0, 0.05) is 26.2 Å². The quantitative estimate of drug-likeness (QED) is 0.800. The van der Waals surface area contributed by atoms with Crippen LogP contribution in [0, 0.1) is 0 Å². The molecule has 1 fully saturated rings. The van der Waals surface area contributed by atoms with Gasteiger partial charge in [-0.1, -0.05) is 26.0 Å². The van der Waals surface area contributed by atoms with Gasteiger partial charge < -0.3 is 19.9 Å². The number of carbonyl (C=O) groups excluding carboxylic acids is 1. The van der Waals surface area contributed by atoms with Crippen molar-refractivity contribution in [3.63, 3.8) is 0 Å². The molecule has 1 amide bonds. The topological polar surface area (TPSA) is 44.8 Å². The zero-order valence-electron chi connectivity index (χ0n) is 14.4. The summed E-state index contributed by atoms with van der Waals surface area (Å²) in [4.78, 5) is 16.7. The predicted octanol–water partition coefficient (Wildman–Crippen LogP) is 2.58. The number of morpholine rings is 1. The minimum absolute atomic E-state index is 0.172. The number of anilines is 2. The van der Waals surface area contributed by atoms with Crippen molar-refractivity contribution in [2.24, 2.45) is 0 Å². The third-order valence-electron chi connectivity index (χ3n) is 4.03. The average molecular weight is 319 g/mol. The zero-order valence-corrected chi connectivity index (χ0v) is 14.4. The number of amides is 1. The van der Waals surface area contributed by atoms with E-state index in [0.717, 1.165) is 63.6 Å². The average Bonchev–Trinajstić information content (AvgIpc) is 2.60. The Morgan fingerprint density at radius 1 is 1.17 bits per heavy atom. The predicted molar refractivity (Wildman–Crippen MR) is 95.1 cm³/mol. The van der Waals surface area contributed by atoms with Crippen LogP contribution in [0.2, 0.25) is 0 Å². The molecule has 128 valence electrons. The van der Waals surface area contributed by atoms with Crippen LogP contribution in [0.25, 0.3) is 0 Å². The molecule has 0 bridgehead atoms. The highest BCUT2D eigenvalue weighted by atomic mass is 16.5. The van der Waals surface area contributed by atoms with Crippen molar-refractivity contribution in [1.82, 2.24) is 4.90 Å². The van der Waals surface area contributed by atoms with Crippen LogP contribution >= 0.6 is 0 Å². The van der Waals surface area contributed by atoms with Crippen molar-refractivity contribution in [2.45, 2.75) is 26.7 Å². The highest BCUT2D eigenvalue weighted by molar-refractivity contribution is 5.82. The van der Waals surface area contributed by atoms with Crippen LogP contribution in [0.5, 0.6) is 0 Å². The third-order valence-corrected chi connectivity index (χ3v) is 4.03. The number of hydrogen-bond donors (Lipinski definition) is 1. The molecule has 1 aromatic rings. The highest BCUT2D eigenvalue weighted by Gasteiger charge is 2.16. The minimum Gasteiger partial charge on any atom is -0.378 e. The molecule has 0 aromatic heterocycles. The summed E-state index contributed by atoms with van der Waals surface area (Å²) in [5.74, 6) is 0.172. The van der Waals surface area contributed by atoms with Gasteiger partial charge in [0.15, 0.2) is 0 Å². The molecule has 1 aliphatic rings. The fourth-order valence-electron chi connectivity index (χ4n) is 2.89. The van der Waals surface area contributed by atoms with E-state index in [0.29, 0.717) is 6.54 Å². The number of rotatable bonds is 8. The van der Waals surface area contributed by atoms with E-state index in [1.807, 2.05) is 23.1 Å². The first kappa shape index (κ1) is 17.6. The van der Waals surface area contributed by atoms with Crippen LogP contribution in [-0.2, 0) is 9.53 Å². The molecule has 0 radical (unpaired) electrons. The molecule has 1 heterocycles. The summed E-state index contributed by atoms with van der Waals surface area (Å²) in [5, 5.41) is 3.33. The Hall–Kier alpha value is -1.75. The smallest absolute Gasteiger partial charge is 0.241 e. The van der Waals surface area contributed by atoms with Crippen LogP contribution < -0.4 is 10.2 Å². The molecule has 1 saturated heterocycles. The maximum absolute atomic E-state index is 12.4. The molecule has 0 spiro atoms. The van der Waals surface area contributed by atoms with Crippen molar-refractivity contribution >= 4 is 17.3 Å². The highest BCUT2D eigenvalue weighted by Crippen LogP contribution is 2.26. The largest absolute Gasteiger partial charge is 0.378 e. The van der Waals surface area contributed by atoms with Crippen LogP contribution in [0.15, 0.2) is 24.3 Å². The Morgan fingerprint density at radius 3 is 2.48 bits per heavy atom. The molecule has 0 unspecified atom stereocenters. The first-order valence-corrected chi connectivity index (χ1v) is 8.69. The first-order chi connectivity index (χ1) is 11.3. The van der Waals surface area contributed by atoms with Crippen LogP contribution in [0.1, 0.15) is 26.7 Å². The zero-order chi connectivity index (χ0) is 16.5. The van der Waals surface area contributed by atoms with Crippen molar-refractivity contribution in [3.8, 4) is 0 Å². The standard InChI is InChI=1S/C18H29N3O2/c1-3-9-21(10-4-2)18(22)15-19-16-7-5-6-8-17(16)20-11-13-23-14-12-20/h5-8,19H,3-4,9-15H2,1-2H3. The summed E-state index contributed by atoms with van der Waals surface area (Å²) in [7, 11) is 0. The van der Waals surface area contributed by atoms with Gasteiger partial charge >= 0.3 is 0 Å². The second-order valence-electron chi connectivity index (χ2n) is 5.85.